The van der Waals surface area contributed by atoms with Crippen LogP contribution in [0.5, 0.6) is 11.5 Å². The summed E-state index contributed by atoms with van der Waals surface area (Å²) in [6, 6.07) is 12.4. The fourth-order valence-corrected chi connectivity index (χ4v) is 3.36. The van der Waals surface area contributed by atoms with Crippen molar-refractivity contribution in [3.63, 3.8) is 0 Å². The number of aromatic nitrogens is 4. The number of anilines is 1. The molecule has 0 saturated carbocycles. The zero-order valence-electron chi connectivity index (χ0n) is 14.1. The first-order chi connectivity index (χ1) is 13.1. The Kier molecular flexibility index (Phi) is 4.87. The fraction of sp³-hybridized carbons (Fsp3) is 0.176. The summed E-state index contributed by atoms with van der Waals surface area (Å²) in [6.07, 6.45) is 0. The number of nitrogens with one attached hydrogen (secondary N) is 1. The number of rotatable bonds is 5. The molecule has 138 valence electrons. The van der Waals surface area contributed by atoms with Crippen LogP contribution in [0.25, 0.3) is 5.69 Å². The van der Waals surface area contributed by atoms with E-state index in [1.165, 1.54) is 11.8 Å². The molecule has 8 nitrogen and oxygen atoms in total. The minimum Gasteiger partial charge on any atom is -0.454 e. The third-order valence-corrected chi connectivity index (χ3v) is 5.09. The molecule has 0 radical (unpaired) electrons. The second-order valence-corrected chi connectivity index (χ2v) is 7.41. The van der Waals surface area contributed by atoms with Crippen molar-refractivity contribution in [3.05, 3.63) is 47.5 Å². The van der Waals surface area contributed by atoms with Gasteiger partial charge in [0.05, 0.1) is 10.9 Å². The van der Waals surface area contributed by atoms with Gasteiger partial charge in [0.15, 0.2) is 11.5 Å². The van der Waals surface area contributed by atoms with Crippen molar-refractivity contribution < 1.29 is 14.3 Å². The zero-order chi connectivity index (χ0) is 18.8. The SMILES string of the molecule is CC(Sc1nnnn1-c1ccc(Cl)cc1)C(=O)Nc1ccc2c(c1)OCO2. The van der Waals surface area contributed by atoms with Crippen LogP contribution in [0.3, 0.4) is 0 Å². The van der Waals surface area contributed by atoms with E-state index in [0.29, 0.717) is 27.4 Å². The average molecular weight is 404 g/mol. The van der Waals surface area contributed by atoms with E-state index in [9.17, 15) is 4.79 Å². The van der Waals surface area contributed by atoms with Crippen molar-refractivity contribution in [1.29, 1.82) is 0 Å². The molecular weight excluding hydrogens is 390 g/mol. The second-order valence-electron chi connectivity index (χ2n) is 5.67. The Morgan fingerprint density at radius 1 is 1.22 bits per heavy atom. The number of hydrogen-bond donors (Lipinski definition) is 1. The summed E-state index contributed by atoms with van der Waals surface area (Å²) in [4.78, 5) is 12.5. The summed E-state index contributed by atoms with van der Waals surface area (Å²) in [5.74, 6) is 1.10. The van der Waals surface area contributed by atoms with E-state index >= 15 is 0 Å². The molecule has 1 atom stereocenters. The molecule has 27 heavy (non-hydrogen) atoms. The van der Waals surface area contributed by atoms with E-state index in [1.807, 2.05) is 0 Å². The van der Waals surface area contributed by atoms with Crippen molar-refractivity contribution in [2.24, 2.45) is 0 Å². The number of carbonyl (C=O) groups is 1. The number of halogens is 1. The molecule has 0 saturated heterocycles. The third kappa shape index (κ3) is 3.83. The van der Waals surface area contributed by atoms with Gasteiger partial charge in [-0.1, -0.05) is 23.4 Å². The molecule has 1 aliphatic heterocycles. The van der Waals surface area contributed by atoms with Gasteiger partial charge in [0.2, 0.25) is 17.9 Å². The summed E-state index contributed by atoms with van der Waals surface area (Å²) >= 11 is 7.17. The summed E-state index contributed by atoms with van der Waals surface area (Å²) < 4.78 is 12.1. The Morgan fingerprint density at radius 3 is 2.81 bits per heavy atom. The summed E-state index contributed by atoms with van der Waals surface area (Å²) in [6.45, 7) is 1.97. The van der Waals surface area contributed by atoms with Gasteiger partial charge in [0, 0.05) is 16.8 Å². The minimum absolute atomic E-state index is 0.176. The summed E-state index contributed by atoms with van der Waals surface area (Å²) in [5, 5.41) is 15.3. The van der Waals surface area contributed by atoms with Gasteiger partial charge in [-0.3, -0.25) is 4.79 Å². The Labute approximate surface area is 163 Å². The number of benzene rings is 2. The van der Waals surface area contributed by atoms with Crippen LogP contribution in [-0.4, -0.2) is 38.2 Å². The van der Waals surface area contributed by atoms with Crippen LogP contribution < -0.4 is 14.8 Å². The highest BCUT2D eigenvalue weighted by Gasteiger charge is 2.20. The Bertz CT molecular complexity index is 979. The first-order valence-corrected chi connectivity index (χ1v) is 9.27. The molecule has 1 N–H and O–H groups in total. The standard InChI is InChI=1S/C17H14ClN5O3S/c1-10(16(24)19-12-4-7-14-15(8-12)26-9-25-14)27-17-20-21-22-23(17)13-5-2-11(18)3-6-13/h2-8,10H,9H2,1H3,(H,19,24). The zero-order valence-corrected chi connectivity index (χ0v) is 15.7. The number of carbonyl (C=O) groups excluding carboxylic acids is 1. The predicted molar refractivity (Wildman–Crippen MR) is 101 cm³/mol. The lowest BCUT2D eigenvalue weighted by Gasteiger charge is -2.12. The number of nitrogens with zero attached hydrogens (tertiary/aromatic N) is 4. The van der Waals surface area contributed by atoms with Crippen LogP contribution in [0.4, 0.5) is 5.69 Å². The molecule has 1 unspecified atom stereocenters. The number of tetrazole rings is 1. The molecule has 1 aromatic heterocycles. The lowest BCUT2D eigenvalue weighted by atomic mass is 10.2. The first kappa shape index (κ1) is 17.6. The van der Waals surface area contributed by atoms with Crippen molar-refractivity contribution in [2.75, 3.05) is 12.1 Å². The van der Waals surface area contributed by atoms with Crippen molar-refractivity contribution in [2.45, 2.75) is 17.3 Å². The van der Waals surface area contributed by atoms with Crippen LogP contribution in [0.1, 0.15) is 6.92 Å². The van der Waals surface area contributed by atoms with Crippen LogP contribution in [0.15, 0.2) is 47.6 Å². The first-order valence-electron chi connectivity index (χ1n) is 8.01. The van der Waals surface area contributed by atoms with E-state index in [1.54, 1.807) is 54.1 Å². The molecule has 10 heteroatoms. The topological polar surface area (TPSA) is 91.2 Å². The molecule has 2 aromatic carbocycles. The molecule has 0 spiro atoms. The van der Waals surface area contributed by atoms with Crippen molar-refractivity contribution in [1.82, 2.24) is 20.2 Å². The molecule has 2 heterocycles. The van der Waals surface area contributed by atoms with Gasteiger partial charge in [0.25, 0.3) is 0 Å². The number of thioether (sulfide) groups is 1. The maximum absolute atomic E-state index is 12.5. The number of amides is 1. The smallest absolute Gasteiger partial charge is 0.237 e. The van der Waals surface area contributed by atoms with E-state index in [-0.39, 0.29) is 12.7 Å². The molecular formula is C17H14ClN5O3S. The summed E-state index contributed by atoms with van der Waals surface area (Å²) in [7, 11) is 0. The van der Waals surface area contributed by atoms with E-state index in [0.717, 1.165) is 5.69 Å². The van der Waals surface area contributed by atoms with E-state index in [4.69, 9.17) is 21.1 Å². The molecule has 0 aliphatic carbocycles. The van der Waals surface area contributed by atoms with Gasteiger partial charge in [-0.05, 0) is 53.7 Å². The largest absolute Gasteiger partial charge is 0.454 e. The van der Waals surface area contributed by atoms with Gasteiger partial charge >= 0.3 is 0 Å². The predicted octanol–water partition coefficient (Wildman–Crippen LogP) is 3.16. The normalized spacial score (nSPS) is 13.4. The maximum atomic E-state index is 12.5. The molecule has 0 fully saturated rings. The Hall–Kier alpha value is -2.78. The lowest BCUT2D eigenvalue weighted by Crippen LogP contribution is -2.22. The second kappa shape index (κ2) is 7.45. The van der Waals surface area contributed by atoms with Crippen LogP contribution in [-0.2, 0) is 4.79 Å². The third-order valence-electron chi connectivity index (χ3n) is 3.80. The van der Waals surface area contributed by atoms with Crippen molar-refractivity contribution >= 4 is 35.0 Å². The highest BCUT2D eigenvalue weighted by atomic mass is 35.5. The van der Waals surface area contributed by atoms with Crippen LogP contribution >= 0.6 is 23.4 Å². The number of ether oxygens (including phenoxy) is 2. The van der Waals surface area contributed by atoms with Gasteiger partial charge in [-0.25, -0.2) is 0 Å². The summed E-state index contributed by atoms with van der Waals surface area (Å²) in [5.41, 5.74) is 1.39. The monoisotopic (exact) mass is 403 g/mol. The van der Waals surface area contributed by atoms with Gasteiger partial charge in [-0.15, -0.1) is 5.10 Å². The highest BCUT2D eigenvalue weighted by Crippen LogP contribution is 2.34. The molecule has 1 aliphatic rings. The highest BCUT2D eigenvalue weighted by molar-refractivity contribution is 8.00. The minimum atomic E-state index is -0.424. The van der Waals surface area contributed by atoms with Crippen LogP contribution in [0.2, 0.25) is 5.02 Å². The van der Waals surface area contributed by atoms with E-state index < -0.39 is 5.25 Å². The van der Waals surface area contributed by atoms with Gasteiger partial charge in [0.1, 0.15) is 0 Å². The fourth-order valence-electron chi connectivity index (χ4n) is 2.43. The lowest BCUT2D eigenvalue weighted by molar-refractivity contribution is -0.115. The molecule has 1 amide bonds. The average Bonchev–Trinajstić information content (AvgIpc) is 3.31. The quantitative estimate of drug-likeness (QED) is 0.654. The van der Waals surface area contributed by atoms with Gasteiger partial charge in [-0.2, -0.15) is 4.68 Å². The molecule has 3 aromatic rings. The van der Waals surface area contributed by atoms with Crippen LogP contribution in [0, 0.1) is 0 Å². The number of hydrogen-bond acceptors (Lipinski definition) is 7. The molecule has 0 bridgehead atoms. The van der Waals surface area contributed by atoms with E-state index in [2.05, 4.69) is 20.8 Å². The Balaban J connectivity index is 1.45. The van der Waals surface area contributed by atoms with Gasteiger partial charge < -0.3 is 14.8 Å². The van der Waals surface area contributed by atoms with Crippen molar-refractivity contribution in [3.8, 4) is 17.2 Å². The number of fused-ring (bicyclic) bond motifs is 1. The molecule has 4 rings (SSSR count). The Morgan fingerprint density at radius 2 is 2.00 bits per heavy atom. The maximum Gasteiger partial charge on any atom is 0.237 e.